The van der Waals surface area contributed by atoms with Crippen LogP contribution < -0.4 is 5.32 Å². The monoisotopic (exact) mass is 281 g/mol. The van der Waals surface area contributed by atoms with Gasteiger partial charge < -0.3 is 10.4 Å². The third-order valence-electron chi connectivity index (χ3n) is 4.46. The minimum atomic E-state index is -1.73. The van der Waals surface area contributed by atoms with Crippen LogP contribution in [-0.4, -0.2) is 11.0 Å². The summed E-state index contributed by atoms with van der Waals surface area (Å²) in [4.78, 5) is 12.0. The first kappa shape index (κ1) is 13.5. The fraction of sp³-hybridized carbons (Fsp3) is 0.533. The molecule has 1 aromatic carbocycles. The smallest absolute Gasteiger partial charge is 0.261 e. The van der Waals surface area contributed by atoms with E-state index in [0.717, 1.165) is 31.7 Å². The van der Waals surface area contributed by atoms with E-state index in [1.54, 1.807) is 0 Å². The van der Waals surface area contributed by atoms with Gasteiger partial charge in [-0.15, -0.1) is 0 Å². The number of fused-ring (bicyclic) bond motifs is 1. The molecule has 1 aliphatic carbocycles. The number of benzene rings is 1. The average Bonchev–Trinajstić information content (AvgIpc) is 2.68. The molecule has 0 radical (unpaired) electrons. The molecule has 0 aromatic heterocycles. The van der Waals surface area contributed by atoms with Gasteiger partial charge in [-0.05, 0) is 18.4 Å². The number of halogens is 2. The normalized spacial score (nSPS) is 26.4. The highest BCUT2D eigenvalue weighted by atomic mass is 19.2. The molecule has 1 amide bonds. The van der Waals surface area contributed by atoms with Crippen molar-refractivity contribution in [3.8, 4) is 0 Å². The zero-order chi connectivity index (χ0) is 14.3. The van der Waals surface area contributed by atoms with Crippen LogP contribution in [0.5, 0.6) is 0 Å². The number of carbonyl (C=O) groups is 1. The van der Waals surface area contributed by atoms with Crippen LogP contribution in [0, 0.1) is 17.6 Å². The molecule has 1 fully saturated rings. The van der Waals surface area contributed by atoms with Crippen molar-refractivity contribution in [2.75, 3.05) is 5.32 Å². The van der Waals surface area contributed by atoms with E-state index >= 15 is 0 Å². The van der Waals surface area contributed by atoms with Crippen LogP contribution >= 0.6 is 0 Å². The minimum absolute atomic E-state index is 0.159. The van der Waals surface area contributed by atoms with Gasteiger partial charge in [-0.2, -0.15) is 0 Å². The van der Waals surface area contributed by atoms with Gasteiger partial charge in [-0.1, -0.05) is 38.2 Å². The predicted molar refractivity (Wildman–Crippen MR) is 70.1 cm³/mol. The first-order chi connectivity index (χ1) is 9.52. The average molecular weight is 281 g/mol. The van der Waals surface area contributed by atoms with Crippen LogP contribution in [-0.2, 0) is 10.4 Å². The van der Waals surface area contributed by atoms with Crippen molar-refractivity contribution < 1.29 is 18.7 Å². The lowest BCUT2D eigenvalue weighted by atomic mass is 9.78. The number of hydrogen-bond donors (Lipinski definition) is 2. The van der Waals surface area contributed by atoms with Gasteiger partial charge >= 0.3 is 0 Å². The molecular formula is C15H17F2NO2. The standard InChI is InChI=1S/C15H17F2NO2/c16-11-7-6-10-13(12(11)17)18-14(19)15(10,20)8-9-4-2-1-3-5-9/h6-7,9,20H,1-5,8H2,(H,18,19). The highest BCUT2D eigenvalue weighted by Crippen LogP contribution is 2.44. The molecule has 1 saturated carbocycles. The molecule has 1 atom stereocenters. The molecule has 0 bridgehead atoms. The largest absolute Gasteiger partial charge is 0.375 e. The van der Waals surface area contributed by atoms with Crippen molar-refractivity contribution in [3.05, 3.63) is 29.3 Å². The van der Waals surface area contributed by atoms with Gasteiger partial charge in [-0.3, -0.25) is 4.79 Å². The first-order valence-electron chi connectivity index (χ1n) is 7.04. The highest BCUT2D eigenvalue weighted by Gasteiger charge is 2.48. The molecule has 5 heteroatoms. The molecule has 108 valence electrons. The molecular weight excluding hydrogens is 264 g/mol. The third-order valence-corrected chi connectivity index (χ3v) is 4.46. The van der Waals surface area contributed by atoms with Crippen LogP contribution in [0.1, 0.15) is 44.1 Å². The second-order valence-corrected chi connectivity index (χ2v) is 5.81. The maximum Gasteiger partial charge on any atom is 0.261 e. The zero-order valence-corrected chi connectivity index (χ0v) is 11.1. The van der Waals surface area contributed by atoms with E-state index in [1.165, 1.54) is 12.5 Å². The molecule has 1 unspecified atom stereocenters. The van der Waals surface area contributed by atoms with Crippen LogP contribution in [0.25, 0.3) is 0 Å². The molecule has 0 spiro atoms. The van der Waals surface area contributed by atoms with E-state index in [9.17, 15) is 18.7 Å². The van der Waals surface area contributed by atoms with E-state index in [1.807, 2.05) is 0 Å². The van der Waals surface area contributed by atoms with Gasteiger partial charge in [0.1, 0.15) is 0 Å². The van der Waals surface area contributed by atoms with E-state index in [4.69, 9.17) is 0 Å². The second kappa shape index (κ2) is 4.81. The maximum atomic E-state index is 13.7. The zero-order valence-electron chi connectivity index (χ0n) is 11.1. The molecule has 0 saturated heterocycles. The van der Waals surface area contributed by atoms with E-state index < -0.39 is 23.1 Å². The summed E-state index contributed by atoms with van der Waals surface area (Å²) in [6, 6.07) is 2.26. The lowest BCUT2D eigenvalue weighted by molar-refractivity contribution is -0.135. The Morgan fingerprint density at radius 1 is 1.25 bits per heavy atom. The van der Waals surface area contributed by atoms with Crippen molar-refractivity contribution in [2.24, 2.45) is 5.92 Å². The summed E-state index contributed by atoms with van der Waals surface area (Å²) < 4.78 is 26.9. The Morgan fingerprint density at radius 2 is 1.95 bits per heavy atom. The van der Waals surface area contributed by atoms with Crippen molar-refractivity contribution in [1.29, 1.82) is 0 Å². The Kier molecular flexibility index (Phi) is 3.24. The Balaban J connectivity index is 1.94. The topological polar surface area (TPSA) is 49.3 Å². The minimum Gasteiger partial charge on any atom is -0.375 e. The Bertz CT molecular complexity index is 555. The summed E-state index contributed by atoms with van der Waals surface area (Å²) in [5, 5.41) is 13.0. The Hall–Kier alpha value is -1.49. The summed E-state index contributed by atoms with van der Waals surface area (Å²) in [6.45, 7) is 0. The maximum absolute atomic E-state index is 13.7. The molecule has 1 heterocycles. The van der Waals surface area contributed by atoms with Crippen LogP contribution in [0.4, 0.5) is 14.5 Å². The van der Waals surface area contributed by atoms with Crippen LogP contribution in [0.3, 0.4) is 0 Å². The lowest BCUT2D eigenvalue weighted by Gasteiger charge is -2.29. The molecule has 20 heavy (non-hydrogen) atoms. The number of anilines is 1. The van der Waals surface area contributed by atoms with Crippen molar-refractivity contribution in [1.82, 2.24) is 0 Å². The van der Waals surface area contributed by atoms with Crippen molar-refractivity contribution >= 4 is 11.6 Å². The molecule has 2 aliphatic rings. The number of hydrogen-bond acceptors (Lipinski definition) is 2. The number of rotatable bonds is 2. The molecule has 1 aliphatic heterocycles. The highest BCUT2D eigenvalue weighted by molar-refractivity contribution is 6.05. The number of aliphatic hydroxyl groups is 1. The fourth-order valence-electron chi connectivity index (χ4n) is 3.37. The van der Waals surface area contributed by atoms with Crippen LogP contribution in [0.2, 0.25) is 0 Å². The van der Waals surface area contributed by atoms with E-state index in [-0.39, 0.29) is 23.6 Å². The number of amides is 1. The molecule has 1 aromatic rings. The summed E-state index contributed by atoms with van der Waals surface area (Å²) in [6.07, 6.45) is 5.57. The summed E-state index contributed by atoms with van der Waals surface area (Å²) in [5.74, 6) is -2.53. The Labute approximate surface area is 116 Å². The quantitative estimate of drug-likeness (QED) is 0.875. The van der Waals surface area contributed by atoms with Gasteiger partial charge in [0.2, 0.25) is 0 Å². The molecule has 2 N–H and O–H groups in total. The van der Waals surface area contributed by atoms with E-state index in [0.29, 0.717) is 0 Å². The lowest BCUT2D eigenvalue weighted by Crippen LogP contribution is -2.36. The summed E-state index contributed by atoms with van der Waals surface area (Å²) in [7, 11) is 0. The van der Waals surface area contributed by atoms with Gasteiger partial charge in [0.25, 0.3) is 5.91 Å². The van der Waals surface area contributed by atoms with Crippen LogP contribution in [0.15, 0.2) is 12.1 Å². The summed E-state index contributed by atoms with van der Waals surface area (Å²) >= 11 is 0. The molecule has 3 nitrogen and oxygen atoms in total. The third kappa shape index (κ3) is 2.00. The first-order valence-corrected chi connectivity index (χ1v) is 7.04. The van der Waals surface area contributed by atoms with Crippen molar-refractivity contribution in [2.45, 2.75) is 44.1 Å². The predicted octanol–water partition coefficient (Wildman–Crippen LogP) is 3.07. The van der Waals surface area contributed by atoms with Gasteiger partial charge in [-0.25, -0.2) is 8.78 Å². The SMILES string of the molecule is O=C1Nc2c(ccc(F)c2F)C1(O)CC1CCCCC1. The van der Waals surface area contributed by atoms with Gasteiger partial charge in [0.15, 0.2) is 17.2 Å². The molecule has 3 rings (SSSR count). The number of carbonyl (C=O) groups excluding carboxylic acids is 1. The van der Waals surface area contributed by atoms with Crippen molar-refractivity contribution in [3.63, 3.8) is 0 Å². The van der Waals surface area contributed by atoms with E-state index in [2.05, 4.69) is 5.32 Å². The fourth-order valence-corrected chi connectivity index (χ4v) is 3.37. The van der Waals surface area contributed by atoms with Gasteiger partial charge in [0.05, 0.1) is 5.69 Å². The van der Waals surface area contributed by atoms with Gasteiger partial charge in [0, 0.05) is 5.56 Å². The second-order valence-electron chi connectivity index (χ2n) is 5.81. The number of nitrogens with one attached hydrogen (secondary N) is 1. The Morgan fingerprint density at radius 3 is 2.65 bits per heavy atom. The summed E-state index contributed by atoms with van der Waals surface area (Å²) in [5.41, 5.74) is -1.79.